The van der Waals surface area contributed by atoms with Crippen molar-refractivity contribution < 1.29 is 37.2 Å². The average Bonchev–Trinajstić information content (AvgIpc) is 2.75. The van der Waals surface area contributed by atoms with Crippen LogP contribution in [0.3, 0.4) is 0 Å². The molecule has 0 saturated carbocycles. The number of nitrogens with zero attached hydrogens (tertiary/aromatic N) is 2. The van der Waals surface area contributed by atoms with E-state index in [9.17, 15) is 4.79 Å². The molecule has 30 heavy (non-hydrogen) atoms. The molecule has 2 unspecified atom stereocenters. The highest BCUT2D eigenvalue weighted by atomic mass is 35.5. The van der Waals surface area contributed by atoms with Crippen LogP contribution in [0, 0.1) is 5.92 Å². The van der Waals surface area contributed by atoms with Crippen LogP contribution in [0.2, 0.25) is 0 Å². The van der Waals surface area contributed by atoms with Gasteiger partial charge >= 0.3 is 2.85 Å². The van der Waals surface area contributed by atoms with Crippen LogP contribution >= 0.6 is 0 Å². The van der Waals surface area contributed by atoms with Crippen LogP contribution < -0.4 is 24.8 Å². The van der Waals surface area contributed by atoms with Crippen LogP contribution in [0.1, 0.15) is 38.7 Å². The van der Waals surface area contributed by atoms with Crippen molar-refractivity contribution in [1.29, 1.82) is 0 Å². The number of ketones is 1. The summed E-state index contributed by atoms with van der Waals surface area (Å²) in [7, 11) is 0. The second-order valence-electron chi connectivity index (χ2n) is 7.59. The molecule has 0 N–H and O–H groups in total. The zero-order valence-corrected chi connectivity index (χ0v) is 19.4. The number of hydrogen-bond acceptors (Lipinski definition) is 4. The number of ether oxygens (including phenoxy) is 1. The molecule has 0 aromatic heterocycles. The Hall–Kier alpha value is -1.43. The summed E-state index contributed by atoms with van der Waals surface area (Å²) in [6.07, 6.45) is 0.122. The molecule has 4 nitrogen and oxygen atoms in total. The summed E-state index contributed by atoms with van der Waals surface area (Å²) < 4.78 is 6.00. The average molecular weight is 453 g/mol. The fraction of sp³-hybridized carbons (Fsp3) is 0.458. The van der Waals surface area contributed by atoms with Gasteiger partial charge in [-0.15, -0.1) is 0 Å². The monoisotopic (exact) mass is 452 g/mol. The molecule has 2 aromatic carbocycles. The minimum absolute atomic E-state index is 0. The Balaban J connectivity index is 0. The van der Waals surface area contributed by atoms with Crippen molar-refractivity contribution in [3.8, 4) is 0 Å². The van der Waals surface area contributed by atoms with Crippen LogP contribution in [0.25, 0.3) is 0 Å². The molecule has 1 fully saturated rings. The second-order valence-corrected chi connectivity index (χ2v) is 7.59. The number of halogens is 2. The first-order valence-electron chi connectivity index (χ1n) is 10.4. The van der Waals surface area contributed by atoms with Gasteiger partial charge in [0.2, 0.25) is 0 Å². The summed E-state index contributed by atoms with van der Waals surface area (Å²) in [5.41, 5.74) is 2.06. The second kappa shape index (κ2) is 13.8. The molecule has 0 radical (unpaired) electrons. The quantitative estimate of drug-likeness (QED) is 0.417. The zero-order valence-electron chi connectivity index (χ0n) is 19.8. The van der Waals surface area contributed by atoms with Gasteiger partial charge in [0.1, 0.15) is 0 Å². The van der Waals surface area contributed by atoms with E-state index in [4.69, 9.17) is 4.74 Å². The van der Waals surface area contributed by atoms with Crippen molar-refractivity contribution in [3.05, 3.63) is 71.8 Å². The first kappa shape index (κ1) is 26.6. The molecule has 0 amide bonds. The summed E-state index contributed by atoms with van der Waals surface area (Å²) in [5.74, 6) is 0.262. The minimum atomic E-state index is 0. The van der Waals surface area contributed by atoms with Gasteiger partial charge < -0.3 is 34.5 Å². The van der Waals surface area contributed by atoms with Gasteiger partial charge in [-0.05, 0) is 12.5 Å². The molecule has 2 aromatic rings. The lowest BCUT2D eigenvalue weighted by Gasteiger charge is -2.37. The molecule has 1 heterocycles. The van der Waals surface area contributed by atoms with Gasteiger partial charge in [0.05, 0.1) is 6.10 Å². The SMILES string of the molecule is CCOC(CN1CCN(CC(C)C(=O)c2ccccc2)CC1)c1ccccc1.[Cl-].[Cl-].[H+].[H+]. The highest BCUT2D eigenvalue weighted by molar-refractivity contribution is 5.97. The van der Waals surface area contributed by atoms with E-state index in [-0.39, 0.29) is 45.5 Å². The molecule has 1 aliphatic rings. The smallest absolute Gasteiger partial charge is 1.00 e. The maximum Gasteiger partial charge on any atom is 1.00 e. The number of carbonyl (C=O) groups excluding carboxylic acids is 1. The van der Waals surface area contributed by atoms with E-state index in [1.807, 2.05) is 43.3 Å². The largest absolute Gasteiger partial charge is 1.00 e. The first-order valence-corrected chi connectivity index (χ1v) is 10.4. The third kappa shape index (κ3) is 7.68. The summed E-state index contributed by atoms with van der Waals surface area (Å²) in [5, 5.41) is 0. The Morgan fingerprint density at radius 1 is 0.900 bits per heavy atom. The first-order chi connectivity index (χ1) is 13.7. The normalized spacial score (nSPS) is 16.7. The van der Waals surface area contributed by atoms with Gasteiger partial charge in [0, 0.05) is 57.4 Å². The van der Waals surface area contributed by atoms with Crippen LogP contribution in [-0.4, -0.2) is 61.5 Å². The molecular weight excluding hydrogens is 419 g/mol. The van der Waals surface area contributed by atoms with Gasteiger partial charge in [-0.2, -0.15) is 0 Å². The molecule has 3 rings (SSSR count). The molecule has 0 spiro atoms. The lowest BCUT2D eigenvalue weighted by atomic mass is 9.98. The number of benzene rings is 2. The molecule has 2 atom stereocenters. The topological polar surface area (TPSA) is 32.8 Å². The zero-order chi connectivity index (χ0) is 19.8. The van der Waals surface area contributed by atoms with Crippen molar-refractivity contribution in [3.63, 3.8) is 0 Å². The van der Waals surface area contributed by atoms with Crippen LogP contribution in [0.15, 0.2) is 60.7 Å². The number of Topliss-reactive ketones (excluding diaryl/α,β-unsaturated/α-hetero) is 1. The lowest BCUT2D eigenvalue weighted by molar-refractivity contribution is -0.001000. The fourth-order valence-electron chi connectivity index (χ4n) is 3.87. The Morgan fingerprint density at radius 3 is 1.93 bits per heavy atom. The Morgan fingerprint density at radius 2 is 1.40 bits per heavy atom. The number of carbonyl (C=O) groups is 1. The predicted molar refractivity (Wildman–Crippen MR) is 116 cm³/mol. The molecule has 6 heteroatoms. The third-order valence-corrected chi connectivity index (χ3v) is 5.47. The minimum Gasteiger partial charge on any atom is -1.00 e. The molecule has 1 saturated heterocycles. The standard InChI is InChI=1S/C24H32N2O2.2ClH/c1-3-28-23(21-10-6-4-7-11-21)19-26-16-14-25(15-17-26)18-20(2)24(27)22-12-8-5-9-13-22;;/h4-13,20,23H,3,14-19H2,1-2H3;2*1H. The lowest BCUT2D eigenvalue weighted by Crippen LogP contribution is -3.00. The maximum atomic E-state index is 12.6. The maximum absolute atomic E-state index is 12.6. The van der Waals surface area contributed by atoms with E-state index in [0.29, 0.717) is 0 Å². The summed E-state index contributed by atoms with van der Waals surface area (Å²) in [4.78, 5) is 17.5. The van der Waals surface area contributed by atoms with E-state index in [1.165, 1.54) is 5.56 Å². The number of piperazine rings is 1. The summed E-state index contributed by atoms with van der Waals surface area (Å²) in [6, 6.07) is 20.1. The number of hydrogen-bond donors (Lipinski definition) is 0. The van der Waals surface area contributed by atoms with Gasteiger partial charge in [-0.1, -0.05) is 67.6 Å². The summed E-state index contributed by atoms with van der Waals surface area (Å²) in [6.45, 7) is 10.6. The van der Waals surface area contributed by atoms with Gasteiger partial charge in [-0.25, -0.2) is 0 Å². The van der Waals surface area contributed by atoms with Crippen molar-refractivity contribution in [2.45, 2.75) is 20.0 Å². The Bertz CT molecular complexity index is 733. The van der Waals surface area contributed by atoms with E-state index >= 15 is 0 Å². The van der Waals surface area contributed by atoms with Crippen molar-refractivity contribution in [2.75, 3.05) is 45.9 Å². The van der Waals surface area contributed by atoms with Crippen molar-refractivity contribution in [2.24, 2.45) is 5.92 Å². The molecule has 1 aliphatic heterocycles. The van der Waals surface area contributed by atoms with Crippen molar-refractivity contribution in [1.82, 2.24) is 9.80 Å². The van der Waals surface area contributed by atoms with Crippen LogP contribution in [0.5, 0.6) is 0 Å². The van der Waals surface area contributed by atoms with Crippen LogP contribution in [0.4, 0.5) is 0 Å². The molecule has 0 bridgehead atoms. The van der Waals surface area contributed by atoms with E-state index in [1.54, 1.807) is 0 Å². The molecule has 166 valence electrons. The van der Waals surface area contributed by atoms with E-state index in [0.717, 1.165) is 51.4 Å². The number of rotatable bonds is 9. The third-order valence-electron chi connectivity index (χ3n) is 5.47. The Labute approximate surface area is 196 Å². The van der Waals surface area contributed by atoms with Crippen LogP contribution in [-0.2, 0) is 4.74 Å². The molecule has 0 aliphatic carbocycles. The molecular formula is C24H34Cl2N2O2. The van der Waals surface area contributed by atoms with E-state index < -0.39 is 0 Å². The van der Waals surface area contributed by atoms with Crippen molar-refractivity contribution >= 4 is 5.78 Å². The highest BCUT2D eigenvalue weighted by Gasteiger charge is 2.24. The summed E-state index contributed by atoms with van der Waals surface area (Å²) >= 11 is 0. The van der Waals surface area contributed by atoms with E-state index in [2.05, 4.69) is 41.0 Å². The Kier molecular flexibility index (Phi) is 12.2. The van der Waals surface area contributed by atoms with Gasteiger partial charge in [0.15, 0.2) is 5.78 Å². The van der Waals surface area contributed by atoms with Gasteiger partial charge in [0.25, 0.3) is 0 Å². The van der Waals surface area contributed by atoms with Gasteiger partial charge in [-0.3, -0.25) is 9.69 Å². The fourth-order valence-corrected chi connectivity index (χ4v) is 3.87. The predicted octanol–water partition coefficient (Wildman–Crippen LogP) is -1.87. The highest BCUT2D eigenvalue weighted by Crippen LogP contribution is 2.20.